The Morgan fingerprint density at radius 3 is 1.17 bits per heavy atom. The maximum absolute atomic E-state index is 13.6. The van der Waals surface area contributed by atoms with Crippen LogP contribution in [0.3, 0.4) is 0 Å². The fourth-order valence-corrected chi connectivity index (χ4v) is 19.9. The molecule has 16 nitrogen and oxygen atoms in total. The van der Waals surface area contributed by atoms with E-state index in [0.717, 1.165) is 38.5 Å². The van der Waals surface area contributed by atoms with Crippen LogP contribution in [-0.2, 0) is 66.8 Å². The molecule has 0 unspecified atom stereocenters. The summed E-state index contributed by atoms with van der Waals surface area (Å²) < 4.78 is 37.7. The first kappa shape index (κ1) is 56.5. The molecule has 2 amide bonds. The molecule has 0 aromatic carbocycles. The summed E-state index contributed by atoms with van der Waals surface area (Å²) in [6, 6.07) is 0. The summed E-state index contributed by atoms with van der Waals surface area (Å²) in [7, 11) is 0. The van der Waals surface area contributed by atoms with E-state index in [1.54, 1.807) is 0 Å². The van der Waals surface area contributed by atoms with Crippen LogP contribution in [0.5, 0.6) is 0 Å². The Hall–Kier alpha value is -4.24. The first-order valence-corrected chi connectivity index (χ1v) is 29.5. The first-order valence-electron chi connectivity index (χ1n) is 29.5. The third-order valence-corrected chi connectivity index (χ3v) is 23.2. The molecular formula is C60H90N2O14. The van der Waals surface area contributed by atoms with Crippen LogP contribution in [0.25, 0.3) is 0 Å². The highest BCUT2D eigenvalue weighted by Gasteiger charge is 2.70. The average molecular weight is 1060 g/mol. The van der Waals surface area contributed by atoms with Crippen molar-refractivity contribution in [3.8, 4) is 0 Å². The molecule has 0 radical (unpaired) electrons. The number of carbonyl (C=O) groups excluding carboxylic acids is 8. The smallest absolute Gasteiger partial charge is 0.325 e. The minimum Gasteiger partial charge on any atom is -0.462 e. The molecule has 16 aliphatic rings. The highest BCUT2D eigenvalue weighted by atomic mass is 16.6. The molecular weight excluding hydrogens is 973 g/mol. The normalized spacial score (nSPS) is 46.7. The number of rotatable bonds is 4. The summed E-state index contributed by atoms with van der Waals surface area (Å²) in [5.74, 6) is -1.93. The summed E-state index contributed by atoms with van der Waals surface area (Å²) in [4.78, 5) is 106. The van der Waals surface area contributed by atoms with Crippen LogP contribution in [0.15, 0.2) is 0 Å². The molecule has 16 bridgehead atoms. The van der Waals surface area contributed by atoms with Crippen LogP contribution in [0.1, 0.15) is 185 Å². The van der Waals surface area contributed by atoms with Crippen LogP contribution >= 0.6 is 0 Å². The summed E-state index contributed by atoms with van der Waals surface area (Å²) >= 11 is 0. The second-order valence-corrected chi connectivity index (χ2v) is 26.9. The zero-order valence-corrected chi connectivity index (χ0v) is 47.2. The van der Waals surface area contributed by atoms with Crippen LogP contribution in [0.4, 0.5) is 0 Å². The van der Waals surface area contributed by atoms with Crippen molar-refractivity contribution in [2.45, 2.75) is 221 Å². The zero-order chi connectivity index (χ0) is 54.8. The summed E-state index contributed by atoms with van der Waals surface area (Å²) in [6.07, 6.45) is 9.29. The average Bonchev–Trinajstić information content (AvgIpc) is 3.96. The standard InChI is InChI=1S/C60H90N2O14/c1-31-11-17-51(67)61-29-53(69)75-39-20-22-58(8)38(24-39)26-48(72-34(4)64)56-44-16-14-42(60(44,10)50(28-46(56)58)74-36(6)66)32(2)12-18-52(68)62-30-54(70)76-40-19-21-57(7)37(23-40)25-47(71-33(3)63)55-43-15-13-41(31)59(43,9)49(27-45(55)57)73-35(5)65/h31-32,37-50,55-56H,11-30H2,1-10H3,(H,61,67)(H,62,68)/t31-,32-,37+,38+,39-,40-,41-,42-,43+,44+,45+,46+,47-,48-,49+,50+,55+,56+,57+,58+,59-,60-/m1/s1. The third-order valence-electron chi connectivity index (χ3n) is 23.2. The molecule has 16 fully saturated rings. The lowest BCUT2D eigenvalue weighted by molar-refractivity contribution is -0.225. The summed E-state index contributed by atoms with van der Waals surface area (Å²) in [5, 5.41) is 5.70. The molecule has 22 atom stereocenters. The van der Waals surface area contributed by atoms with Gasteiger partial charge in [0.05, 0.1) is 0 Å². The quantitative estimate of drug-likeness (QED) is 0.200. The van der Waals surface area contributed by atoms with E-state index in [2.05, 4.69) is 52.2 Å². The van der Waals surface area contributed by atoms with Crippen molar-refractivity contribution in [1.29, 1.82) is 0 Å². The van der Waals surface area contributed by atoms with Crippen LogP contribution in [-0.4, -0.2) is 97.3 Å². The van der Waals surface area contributed by atoms with Gasteiger partial charge in [-0.2, -0.15) is 0 Å². The highest BCUT2D eigenvalue weighted by Crippen LogP contribution is 2.71. The number of amides is 2. The van der Waals surface area contributed by atoms with Gasteiger partial charge in [0.25, 0.3) is 0 Å². The molecule has 16 rings (SSSR count). The van der Waals surface area contributed by atoms with E-state index >= 15 is 0 Å². The highest BCUT2D eigenvalue weighted by molar-refractivity contribution is 5.82. The second-order valence-electron chi connectivity index (χ2n) is 26.9. The fraction of sp³-hybridized carbons (Fsp3) is 0.867. The Morgan fingerprint density at radius 2 is 0.816 bits per heavy atom. The topological polar surface area (TPSA) is 216 Å². The van der Waals surface area contributed by atoms with E-state index in [-0.39, 0.29) is 180 Å². The van der Waals surface area contributed by atoms with E-state index in [1.807, 2.05) is 0 Å². The SMILES string of the molecule is CC(=O)O[C@H]1C[C@H]2[C@H]3[C@H](OC(C)=O)C[C@@H]4C[C@@H](CC[C@@]42C)OC(=O)CNC(=O)CC[C@@H](C)[C@H]2CC[C@H]4[C@@H]5[C@H](OC(C)=O)C[C@@H]6C[C@@H](CC[C@]6(C)[C@H]5C[C@H](OC(C)=O)[C@]24C)OC(=O)CNC(=O)CC[C@@H](C)[C@H]2CC[C@@H]3[C@]12C. The van der Waals surface area contributed by atoms with Crippen molar-refractivity contribution in [1.82, 2.24) is 10.6 Å². The van der Waals surface area contributed by atoms with E-state index in [1.165, 1.54) is 27.7 Å². The van der Waals surface area contributed by atoms with Crippen molar-refractivity contribution in [2.24, 2.45) is 92.7 Å². The lowest BCUT2D eigenvalue weighted by Crippen LogP contribution is -2.63. The van der Waals surface area contributed by atoms with Crippen LogP contribution in [0, 0.1) is 92.7 Å². The fourth-order valence-electron chi connectivity index (χ4n) is 19.9. The van der Waals surface area contributed by atoms with Gasteiger partial charge < -0.3 is 39.1 Å². The predicted molar refractivity (Wildman–Crippen MR) is 277 cm³/mol. The number of hydrogen-bond acceptors (Lipinski definition) is 14. The largest absolute Gasteiger partial charge is 0.462 e. The maximum Gasteiger partial charge on any atom is 0.325 e. The predicted octanol–water partition coefficient (Wildman–Crippen LogP) is 8.37. The monoisotopic (exact) mass is 1060 g/mol. The van der Waals surface area contributed by atoms with E-state index in [4.69, 9.17) is 28.4 Å². The number of carbonyl (C=O) groups is 8. The minimum absolute atomic E-state index is 0.0278. The lowest BCUT2D eigenvalue weighted by atomic mass is 9.43. The van der Waals surface area contributed by atoms with Gasteiger partial charge in [-0.15, -0.1) is 0 Å². The minimum atomic E-state index is -0.489. The number of hydrogen-bond donors (Lipinski definition) is 2. The van der Waals surface area contributed by atoms with Gasteiger partial charge in [-0.3, -0.25) is 38.4 Å². The molecule has 8 aliphatic carbocycles. The van der Waals surface area contributed by atoms with Gasteiger partial charge in [0, 0.05) is 63.2 Å². The molecule has 0 spiro atoms. The molecule has 8 heterocycles. The van der Waals surface area contributed by atoms with Gasteiger partial charge in [-0.05, 0) is 173 Å². The Labute approximate surface area is 450 Å². The molecule has 76 heavy (non-hydrogen) atoms. The van der Waals surface area contributed by atoms with Crippen molar-refractivity contribution >= 4 is 47.6 Å². The van der Waals surface area contributed by atoms with Gasteiger partial charge >= 0.3 is 35.8 Å². The number of esters is 6. The molecule has 8 aliphatic heterocycles. The Balaban J connectivity index is 0.976. The summed E-state index contributed by atoms with van der Waals surface area (Å²) in [6.45, 7) is 18.9. The Morgan fingerprint density at radius 1 is 0.461 bits per heavy atom. The maximum atomic E-state index is 13.6. The van der Waals surface area contributed by atoms with Gasteiger partial charge in [0.2, 0.25) is 11.8 Å². The molecule has 424 valence electrons. The molecule has 8 saturated carbocycles. The Bertz CT molecular complexity index is 2120. The second kappa shape index (κ2) is 21.8. The molecule has 0 aromatic heterocycles. The molecule has 16 heteroatoms. The number of ether oxygens (including phenoxy) is 6. The van der Waals surface area contributed by atoms with Crippen molar-refractivity contribution in [2.75, 3.05) is 13.1 Å². The van der Waals surface area contributed by atoms with Crippen molar-refractivity contribution in [3.05, 3.63) is 0 Å². The van der Waals surface area contributed by atoms with Gasteiger partial charge in [0.15, 0.2) is 0 Å². The Kier molecular flexibility index (Phi) is 16.2. The summed E-state index contributed by atoms with van der Waals surface area (Å²) in [5.41, 5.74) is -1.31. The van der Waals surface area contributed by atoms with E-state index in [0.29, 0.717) is 64.2 Å². The van der Waals surface area contributed by atoms with E-state index < -0.39 is 22.8 Å². The lowest BCUT2D eigenvalue weighted by Gasteiger charge is -2.64. The van der Waals surface area contributed by atoms with Gasteiger partial charge in [0.1, 0.15) is 49.7 Å². The number of nitrogens with one attached hydrogen (secondary N) is 2. The third kappa shape index (κ3) is 10.4. The van der Waals surface area contributed by atoms with E-state index in [9.17, 15) is 38.4 Å². The zero-order valence-electron chi connectivity index (χ0n) is 47.2. The van der Waals surface area contributed by atoms with Crippen LogP contribution < -0.4 is 10.6 Å². The first-order chi connectivity index (χ1) is 35.9. The van der Waals surface area contributed by atoms with Gasteiger partial charge in [-0.25, -0.2) is 0 Å². The van der Waals surface area contributed by atoms with Crippen molar-refractivity contribution < 1.29 is 66.8 Å². The van der Waals surface area contributed by atoms with Gasteiger partial charge in [-0.1, -0.05) is 41.5 Å². The molecule has 8 saturated heterocycles. The van der Waals surface area contributed by atoms with Crippen LogP contribution in [0.2, 0.25) is 0 Å². The molecule has 0 aromatic rings. The van der Waals surface area contributed by atoms with Crippen molar-refractivity contribution in [3.63, 3.8) is 0 Å². The molecule has 2 N–H and O–H groups in total.